The van der Waals surface area contributed by atoms with Gasteiger partial charge in [-0.25, -0.2) is 43.2 Å². The molecule has 4 aliphatic rings. The Balaban J connectivity index is 0.000000143. The molecule has 0 radical (unpaired) electrons. The van der Waals surface area contributed by atoms with Crippen molar-refractivity contribution in [1.82, 2.24) is 77.9 Å². The molecule has 39 heteroatoms. The number of anilines is 8. The van der Waals surface area contributed by atoms with Gasteiger partial charge in [-0.05, 0) is 268 Å². The van der Waals surface area contributed by atoms with Gasteiger partial charge in [0, 0.05) is 191 Å². The predicted molar refractivity (Wildman–Crippen MR) is 586 cm³/mol. The van der Waals surface area contributed by atoms with E-state index in [1.807, 2.05) is 163 Å². The molecular formula is C106H141Br5N28O6+4. The van der Waals surface area contributed by atoms with Crippen molar-refractivity contribution in [2.24, 2.45) is 63.7 Å². The Morgan fingerprint density at radius 2 is 0.731 bits per heavy atom. The first kappa shape index (κ1) is 110. The molecule has 145 heavy (non-hydrogen) atoms. The second kappa shape index (κ2) is 53.7. The lowest BCUT2D eigenvalue weighted by Gasteiger charge is -2.36. The molecule has 7 atom stereocenters. The molecule has 0 unspecified atom stereocenters. The number of likely N-dealkylation sites (N-methyl/N-ethyl adjacent to an activating group) is 1. The molecule has 2 saturated carbocycles. The number of hydrogen-bond donors (Lipinski definition) is 11. The molecule has 34 nitrogen and oxygen atoms in total. The van der Waals surface area contributed by atoms with E-state index in [0.29, 0.717) is 87.4 Å². The summed E-state index contributed by atoms with van der Waals surface area (Å²) >= 11 is 17.8. The number of aryl methyl sites for hydroxylation is 4. The summed E-state index contributed by atoms with van der Waals surface area (Å²) in [4.78, 5) is 42.6. The number of hydrogen-bond acceptors (Lipinski definition) is 24. The molecular weight excluding hydrogens is 2160 g/mol. The number of carbonyl (C=O) groups is 1. The summed E-state index contributed by atoms with van der Waals surface area (Å²) in [5.41, 5.74) is 13.7. The summed E-state index contributed by atoms with van der Waals surface area (Å²) in [7, 11) is 11.8. The van der Waals surface area contributed by atoms with E-state index >= 15 is 0 Å². The minimum atomic E-state index is -0.0422. The molecule has 2 saturated heterocycles. The molecule has 0 spiro atoms. The van der Waals surface area contributed by atoms with Gasteiger partial charge in [0.05, 0.1) is 59.9 Å². The van der Waals surface area contributed by atoms with Crippen LogP contribution in [0.4, 0.5) is 46.4 Å². The van der Waals surface area contributed by atoms with Crippen LogP contribution in [0.5, 0.6) is 0 Å². The van der Waals surface area contributed by atoms with Crippen LogP contribution >= 0.6 is 79.6 Å². The number of nitrogens with zero attached hydrogens (tertiary/aromatic N) is 22. The smallest absolute Gasteiger partial charge is 0.238 e. The van der Waals surface area contributed by atoms with Crippen molar-refractivity contribution >= 4 is 160 Å². The Hall–Kier alpha value is -10.9. The molecule has 15 aromatic rings. The average Bonchev–Trinajstić information content (AvgIpc) is 1.67. The maximum Gasteiger partial charge on any atom is 0.238 e. The SMILES string of the molecule is C.CC(C)[C@@H](CO)Cc1cc(NCc2ccc(NC(=O)CN(C)C)cc2)n2ncc(Br)c2n1.C[n+]1cccc(CNc2cc(C[C@@H]3CCCC[C@@H]3CO)nc3c(Br)cnn23)c1.C[n+]1cccc(CNc2cc(C[C@H]3CCCC[C@H]3CO)nc3c(Br)cnn23)c1.C[n+]1cccc(CNc2cc(N3CCCC[C@@H]3CCO)nc3c(Br)cnn23)c1.C[n+]1cccc(CNc2cc(N3CCCC[C@H]3CCO)nc3c(Br)cnn23)c1. The first-order valence-electron chi connectivity index (χ1n) is 50.1. The van der Waals surface area contributed by atoms with Crippen LogP contribution in [0.1, 0.15) is 169 Å². The highest BCUT2D eigenvalue weighted by molar-refractivity contribution is 9.11. The summed E-state index contributed by atoms with van der Waals surface area (Å²) in [5.74, 6) is 8.64. The topological polar surface area (TPSA) is 367 Å². The van der Waals surface area contributed by atoms with Crippen LogP contribution in [0.25, 0.3) is 28.2 Å². The highest BCUT2D eigenvalue weighted by atomic mass is 79.9. The fraction of sp³-hybridized carbons (Fsp3) is 0.462. The van der Waals surface area contributed by atoms with E-state index in [4.69, 9.17) is 24.9 Å². The zero-order valence-corrected chi connectivity index (χ0v) is 91.4. The van der Waals surface area contributed by atoms with E-state index in [1.54, 1.807) is 35.5 Å². The average molecular weight is 2300 g/mol. The third-order valence-corrected chi connectivity index (χ3v) is 30.1. The first-order chi connectivity index (χ1) is 69.8. The molecule has 4 fully saturated rings. The molecule has 19 rings (SSSR count). The largest absolute Gasteiger partial charge is 0.396 e. The van der Waals surface area contributed by atoms with E-state index in [-0.39, 0.29) is 52.3 Å². The van der Waals surface area contributed by atoms with Gasteiger partial charge in [-0.15, -0.1) is 0 Å². The Kier molecular flexibility index (Phi) is 40.7. The van der Waals surface area contributed by atoms with Crippen LogP contribution in [-0.4, -0.2) is 188 Å². The quantitative estimate of drug-likeness (QED) is 0.0167. The number of aliphatic hydroxyl groups excluding tert-OH is 5. The fourth-order valence-electron chi connectivity index (χ4n) is 19.6. The maximum atomic E-state index is 11.9. The number of benzene rings is 1. The van der Waals surface area contributed by atoms with Gasteiger partial charge >= 0.3 is 0 Å². The summed E-state index contributed by atoms with van der Waals surface area (Å²) in [6, 6.07) is 35.4. The van der Waals surface area contributed by atoms with E-state index in [2.05, 4.69) is 234 Å². The number of carbonyl (C=O) groups excluding carboxylic acids is 1. The second-order valence-corrected chi connectivity index (χ2v) is 43.1. The van der Waals surface area contributed by atoms with E-state index in [0.717, 1.165) is 197 Å². The minimum Gasteiger partial charge on any atom is -0.396 e. The number of fused-ring (bicyclic) bond motifs is 5. The molecule has 2 aliphatic heterocycles. The van der Waals surface area contributed by atoms with Gasteiger partial charge in [0.2, 0.25) is 5.91 Å². The van der Waals surface area contributed by atoms with Gasteiger partial charge in [-0.1, -0.05) is 59.1 Å². The normalized spacial score (nSPS) is 17.1. The molecule has 1 aromatic carbocycles. The number of pyridine rings is 4. The number of piperidine rings is 2. The predicted octanol–water partition coefficient (Wildman–Crippen LogP) is 15.9. The third kappa shape index (κ3) is 29.8. The monoisotopic (exact) mass is 2300 g/mol. The van der Waals surface area contributed by atoms with Crippen molar-refractivity contribution in [1.29, 1.82) is 0 Å². The molecule has 2 aliphatic carbocycles. The van der Waals surface area contributed by atoms with Gasteiger partial charge in [0.1, 0.15) is 68.9 Å². The number of aliphatic hydroxyl groups is 5. The van der Waals surface area contributed by atoms with Crippen molar-refractivity contribution in [2.45, 2.75) is 188 Å². The van der Waals surface area contributed by atoms with Gasteiger partial charge in [0.25, 0.3) is 0 Å². The van der Waals surface area contributed by atoms with Crippen molar-refractivity contribution in [3.05, 3.63) is 251 Å². The lowest BCUT2D eigenvalue weighted by molar-refractivity contribution is -0.672. The number of aromatic nitrogens is 19. The van der Waals surface area contributed by atoms with Crippen molar-refractivity contribution in [2.75, 3.05) is 108 Å². The zero-order chi connectivity index (χ0) is 101. The first-order valence-corrected chi connectivity index (χ1v) is 54.1. The summed E-state index contributed by atoms with van der Waals surface area (Å²) < 4.78 is 21.7. The Bertz CT molecular complexity index is 6400. The minimum absolute atomic E-state index is 0. The fourth-order valence-corrected chi connectivity index (χ4v) is 21.4. The summed E-state index contributed by atoms with van der Waals surface area (Å²) in [6.07, 6.45) is 45.9. The van der Waals surface area contributed by atoms with Crippen LogP contribution in [0.15, 0.2) is 206 Å². The van der Waals surface area contributed by atoms with Crippen LogP contribution in [0.2, 0.25) is 0 Å². The van der Waals surface area contributed by atoms with Gasteiger partial charge in [-0.2, -0.15) is 48.1 Å². The third-order valence-electron chi connectivity index (χ3n) is 27.3. The molecule has 0 bridgehead atoms. The number of rotatable bonds is 34. The highest BCUT2D eigenvalue weighted by Crippen LogP contribution is 2.38. The molecule has 16 heterocycles. The molecule has 14 aromatic heterocycles. The van der Waals surface area contributed by atoms with Crippen LogP contribution in [0, 0.1) is 35.5 Å². The van der Waals surface area contributed by atoms with Crippen molar-refractivity contribution < 1.29 is 48.6 Å². The standard InChI is InChI=1S/C23H31BrN6O2.2C21H27BrN5O.2C20H26BrN6O.CH4/c1-15(2)17(14-31)9-19-10-21(30-23(28-19)20(24)12-26-30)25-11-16-5-7-18(8-6-16)27-22(32)13-29(3)4;2*1-26-8-4-5-15(13-26)11-23-20-10-18(25-21-19(22)12-24-27(20)21)9-16-6-2-3-7-17(16)14-28;2*1-25-8-4-5-15(14-25)12-22-18-11-19(24-20-17(21)13-23-27(18)20)26-9-3-2-6-16(26)7-10-28;/h5-8,10,12,15,17,25,31H,9,11,13-14H2,1-4H3,(H,27,32);2*4-5,8,10,12-13,16-17,23,28H,2-3,6-7,9,11,14H2,1H3;2*4-5,8,11,13-14,16,22,28H,2-3,6-7,9-10,12H2,1H3;1H4/q;4*+1;/t17-;2*16-,17+;2*16-;/m11010./s1. The maximum absolute atomic E-state index is 11.9. The van der Waals surface area contributed by atoms with E-state index in [1.165, 1.54) is 73.6 Å². The van der Waals surface area contributed by atoms with Crippen LogP contribution < -0.4 is 60.0 Å². The lowest BCUT2D eigenvalue weighted by Crippen LogP contribution is -2.40. The molecule has 772 valence electrons. The van der Waals surface area contributed by atoms with Gasteiger partial charge in [0.15, 0.2) is 77.8 Å². The Morgan fingerprint density at radius 3 is 1.06 bits per heavy atom. The highest BCUT2D eigenvalue weighted by Gasteiger charge is 2.32. The number of halogens is 5. The Labute approximate surface area is 891 Å². The Morgan fingerprint density at radius 1 is 0.414 bits per heavy atom. The molecule has 1 amide bonds. The second-order valence-electron chi connectivity index (χ2n) is 38.8. The molecule has 11 N–H and O–H groups in total. The van der Waals surface area contributed by atoms with Crippen molar-refractivity contribution in [3.63, 3.8) is 0 Å². The van der Waals surface area contributed by atoms with Crippen LogP contribution in [0.3, 0.4) is 0 Å². The van der Waals surface area contributed by atoms with Crippen LogP contribution in [-0.2, 0) is 85.0 Å². The van der Waals surface area contributed by atoms with Gasteiger partial charge in [-0.3, -0.25) is 4.79 Å². The summed E-state index contributed by atoms with van der Waals surface area (Å²) in [5, 5.41) is 90.9. The number of nitrogens with one attached hydrogen (secondary N) is 6. The number of amides is 1. The van der Waals surface area contributed by atoms with E-state index in [9.17, 15) is 30.3 Å². The van der Waals surface area contributed by atoms with E-state index < -0.39 is 0 Å². The summed E-state index contributed by atoms with van der Waals surface area (Å²) in [6.45, 7) is 11.0. The zero-order valence-electron chi connectivity index (χ0n) is 83.4. The van der Waals surface area contributed by atoms with Crippen molar-refractivity contribution in [3.8, 4) is 0 Å². The lowest BCUT2D eigenvalue weighted by atomic mass is 9.77. The van der Waals surface area contributed by atoms with Gasteiger partial charge < -0.3 is 72.1 Å².